The highest BCUT2D eigenvalue weighted by molar-refractivity contribution is 5.00. The molecule has 1 heterocycles. The molecule has 0 saturated heterocycles. The van der Waals surface area contributed by atoms with Crippen molar-refractivity contribution in [2.24, 2.45) is 11.7 Å². The lowest BCUT2D eigenvalue weighted by Crippen LogP contribution is -2.25. The van der Waals surface area contributed by atoms with E-state index >= 15 is 0 Å². The van der Waals surface area contributed by atoms with Crippen LogP contribution in [0.5, 0.6) is 0 Å². The van der Waals surface area contributed by atoms with Crippen LogP contribution in [0, 0.1) is 5.92 Å². The fourth-order valence-corrected chi connectivity index (χ4v) is 2.32. The summed E-state index contributed by atoms with van der Waals surface area (Å²) in [7, 11) is 0. The van der Waals surface area contributed by atoms with E-state index in [9.17, 15) is 13.2 Å². The predicted molar refractivity (Wildman–Crippen MR) is 53.1 cm³/mol. The molecule has 1 aromatic heterocycles. The lowest BCUT2D eigenvalue weighted by atomic mass is 9.79. The standard InChI is InChI=1S/C10H14F3N3O/c11-10(12,13)9-15-8(17-16-9)7-4-2-1-3-6(7)5-14/h6-7H,1-5,14H2. The number of hydrogen-bond donors (Lipinski definition) is 1. The summed E-state index contributed by atoms with van der Waals surface area (Å²) in [6.07, 6.45) is -0.857. The highest BCUT2D eigenvalue weighted by atomic mass is 19.4. The Bertz CT molecular complexity index is 377. The van der Waals surface area contributed by atoms with Crippen molar-refractivity contribution in [2.75, 3.05) is 6.54 Å². The second kappa shape index (κ2) is 4.64. The zero-order chi connectivity index (χ0) is 12.5. The van der Waals surface area contributed by atoms with Crippen LogP contribution in [0.1, 0.15) is 43.3 Å². The largest absolute Gasteiger partial charge is 0.455 e. The van der Waals surface area contributed by atoms with Crippen molar-refractivity contribution in [1.29, 1.82) is 0 Å². The zero-order valence-electron chi connectivity index (χ0n) is 9.20. The third kappa shape index (κ3) is 2.59. The normalized spacial score (nSPS) is 26.1. The minimum atomic E-state index is -4.55. The number of halogens is 3. The second-order valence-electron chi connectivity index (χ2n) is 4.34. The molecule has 1 aromatic rings. The van der Waals surface area contributed by atoms with Crippen molar-refractivity contribution >= 4 is 0 Å². The van der Waals surface area contributed by atoms with E-state index in [2.05, 4.69) is 10.1 Å². The summed E-state index contributed by atoms with van der Waals surface area (Å²) in [5.74, 6) is -1.11. The first-order valence-corrected chi connectivity index (χ1v) is 5.63. The maximum absolute atomic E-state index is 12.3. The third-order valence-corrected chi connectivity index (χ3v) is 3.22. The first-order chi connectivity index (χ1) is 8.02. The quantitative estimate of drug-likeness (QED) is 0.873. The van der Waals surface area contributed by atoms with Crippen LogP contribution in [0.3, 0.4) is 0 Å². The van der Waals surface area contributed by atoms with E-state index in [4.69, 9.17) is 10.3 Å². The molecule has 2 unspecified atom stereocenters. The minimum Gasteiger partial charge on any atom is -0.339 e. The average molecular weight is 249 g/mol. The molecule has 0 radical (unpaired) electrons. The van der Waals surface area contributed by atoms with Crippen LogP contribution in [0.2, 0.25) is 0 Å². The highest BCUT2D eigenvalue weighted by Gasteiger charge is 2.39. The van der Waals surface area contributed by atoms with E-state index in [1.807, 2.05) is 0 Å². The molecule has 2 N–H and O–H groups in total. The van der Waals surface area contributed by atoms with E-state index in [-0.39, 0.29) is 17.7 Å². The first kappa shape index (κ1) is 12.3. The molecule has 4 nitrogen and oxygen atoms in total. The molecule has 7 heteroatoms. The molecule has 0 spiro atoms. The van der Waals surface area contributed by atoms with Gasteiger partial charge in [0.1, 0.15) is 0 Å². The number of nitrogens with two attached hydrogens (primary N) is 1. The Kier molecular flexibility index (Phi) is 3.37. The Balaban J connectivity index is 2.18. The number of aromatic nitrogens is 2. The topological polar surface area (TPSA) is 64.9 Å². The van der Waals surface area contributed by atoms with Crippen molar-refractivity contribution in [1.82, 2.24) is 10.1 Å². The third-order valence-electron chi connectivity index (χ3n) is 3.22. The first-order valence-electron chi connectivity index (χ1n) is 5.63. The van der Waals surface area contributed by atoms with Gasteiger partial charge in [-0.1, -0.05) is 18.0 Å². The van der Waals surface area contributed by atoms with Crippen LogP contribution in [-0.2, 0) is 6.18 Å². The molecule has 1 aliphatic carbocycles. The fourth-order valence-electron chi connectivity index (χ4n) is 2.32. The summed E-state index contributed by atoms with van der Waals surface area (Å²) < 4.78 is 41.7. The van der Waals surface area contributed by atoms with Gasteiger partial charge in [0.25, 0.3) is 5.82 Å². The van der Waals surface area contributed by atoms with E-state index in [0.717, 1.165) is 25.7 Å². The van der Waals surface area contributed by atoms with Crippen LogP contribution < -0.4 is 5.73 Å². The smallest absolute Gasteiger partial charge is 0.339 e. The van der Waals surface area contributed by atoms with Crippen LogP contribution >= 0.6 is 0 Å². The Morgan fingerprint density at radius 3 is 2.59 bits per heavy atom. The van der Waals surface area contributed by atoms with Gasteiger partial charge in [-0.15, -0.1) is 0 Å². The maximum Gasteiger partial charge on any atom is 0.455 e. The van der Waals surface area contributed by atoms with Gasteiger partial charge in [0.05, 0.1) is 0 Å². The Labute approximate surface area is 96.4 Å². The van der Waals surface area contributed by atoms with Crippen LogP contribution in [0.15, 0.2) is 4.52 Å². The summed E-state index contributed by atoms with van der Waals surface area (Å²) >= 11 is 0. The fraction of sp³-hybridized carbons (Fsp3) is 0.800. The van der Waals surface area contributed by atoms with Crippen molar-refractivity contribution in [3.63, 3.8) is 0 Å². The van der Waals surface area contributed by atoms with Crippen molar-refractivity contribution in [2.45, 2.75) is 37.8 Å². The molecule has 0 amide bonds. The highest BCUT2D eigenvalue weighted by Crippen LogP contribution is 2.37. The van der Waals surface area contributed by atoms with E-state index in [0.29, 0.717) is 6.54 Å². The SMILES string of the molecule is NCC1CCCCC1c1nc(C(F)(F)F)no1. The number of nitrogens with zero attached hydrogens (tertiary/aromatic N) is 2. The summed E-state index contributed by atoms with van der Waals surface area (Å²) in [5, 5.41) is 2.98. The molecule has 1 fully saturated rings. The van der Waals surface area contributed by atoms with Crippen LogP contribution in [0.4, 0.5) is 13.2 Å². The van der Waals surface area contributed by atoms with Gasteiger partial charge in [-0.3, -0.25) is 0 Å². The molecular formula is C10H14F3N3O. The molecule has 96 valence electrons. The van der Waals surface area contributed by atoms with E-state index in [1.54, 1.807) is 0 Å². The lowest BCUT2D eigenvalue weighted by molar-refractivity contribution is -0.146. The molecular weight excluding hydrogens is 235 g/mol. The van der Waals surface area contributed by atoms with Gasteiger partial charge < -0.3 is 10.3 Å². The van der Waals surface area contributed by atoms with Crippen molar-refractivity contribution in [3.8, 4) is 0 Å². The number of alkyl halides is 3. The summed E-state index contributed by atoms with van der Waals surface area (Å²) in [6, 6.07) is 0. The van der Waals surface area contributed by atoms with Crippen molar-refractivity contribution < 1.29 is 17.7 Å². The molecule has 0 aliphatic heterocycles. The Morgan fingerprint density at radius 2 is 2.00 bits per heavy atom. The van der Waals surface area contributed by atoms with Gasteiger partial charge in [-0.25, -0.2) is 0 Å². The van der Waals surface area contributed by atoms with Gasteiger partial charge in [0.15, 0.2) is 0 Å². The molecule has 17 heavy (non-hydrogen) atoms. The van der Waals surface area contributed by atoms with Gasteiger partial charge >= 0.3 is 6.18 Å². The van der Waals surface area contributed by atoms with Gasteiger partial charge in [-0.2, -0.15) is 18.2 Å². The zero-order valence-corrected chi connectivity index (χ0v) is 9.20. The minimum absolute atomic E-state index is 0.0764. The van der Waals surface area contributed by atoms with Crippen molar-refractivity contribution in [3.05, 3.63) is 11.7 Å². The molecule has 0 bridgehead atoms. The van der Waals surface area contributed by atoms with Crippen LogP contribution in [-0.4, -0.2) is 16.7 Å². The average Bonchev–Trinajstić information content (AvgIpc) is 2.77. The monoisotopic (exact) mass is 249 g/mol. The molecule has 1 saturated carbocycles. The predicted octanol–water partition coefficient (Wildman–Crippen LogP) is 2.32. The van der Waals surface area contributed by atoms with E-state index < -0.39 is 12.0 Å². The lowest BCUT2D eigenvalue weighted by Gasteiger charge is -2.27. The van der Waals surface area contributed by atoms with Gasteiger partial charge in [-0.05, 0) is 25.3 Å². The summed E-state index contributed by atoms with van der Waals surface area (Å²) in [4.78, 5) is 3.45. The molecule has 2 atom stereocenters. The molecule has 0 aromatic carbocycles. The summed E-state index contributed by atoms with van der Waals surface area (Å²) in [6.45, 7) is 0.439. The van der Waals surface area contributed by atoms with Crippen LogP contribution in [0.25, 0.3) is 0 Å². The number of hydrogen-bond acceptors (Lipinski definition) is 4. The Hall–Kier alpha value is -1.11. The second-order valence-corrected chi connectivity index (χ2v) is 4.34. The molecule has 2 rings (SSSR count). The Morgan fingerprint density at radius 1 is 1.29 bits per heavy atom. The number of rotatable bonds is 2. The molecule has 1 aliphatic rings. The summed E-state index contributed by atoms with van der Waals surface area (Å²) in [5.41, 5.74) is 5.61. The maximum atomic E-state index is 12.3. The van der Waals surface area contributed by atoms with Gasteiger partial charge in [0.2, 0.25) is 5.89 Å². The van der Waals surface area contributed by atoms with E-state index in [1.165, 1.54) is 0 Å². The van der Waals surface area contributed by atoms with Gasteiger partial charge in [0, 0.05) is 5.92 Å².